The monoisotopic (exact) mass is 287 g/mol. The highest BCUT2D eigenvalue weighted by Crippen LogP contribution is 2.33. The molecule has 5 heteroatoms. The molecule has 1 aliphatic rings. The maximum absolute atomic E-state index is 14.0. The molecule has 0 aliphatic carbocycles. The Bertz CT molecular complexity index is 467. The second-order valence-corrected chi connectivity index (χ2v) is 5.32. The van der Waals surface area contributed by atoms with Crippen molar-refractivity contribution >= 4 is 0 Å². The predicted molar refractivity (Wildman–Crippen MR) is 70.9 cm³/mol. The van der Waals surface area contributed by atoms with Gasteiger partial charge in [0.2, 0.25) is 0 Å². The van der Waals surface area contributed by atoms with E-state index in [-0.39, 0.29) is 17.6 Å². The molecule has 20 heavy (non-hydrogen) atoms. The van der Waals surface area contributed by atoms with Crippen LogP contribution >= 0.6 is 0 Å². The number of halogens is 3. The summed E-state index contributed by atoms with van der Waals surface area (Å²) in [5, 5.41) is 3.19. The van der Waals surface area contributed by atoms with Gasteiger partial charge >= 0.3 is 0 Å². The maximum Gasteiger partial charge on any atom is 0.161 e. The Kier molecular flexibility index (Phi) is 5.05. The molecule has 0 bridgehead atoms. The quantitative estimate of drug-likeness (QED) is 0.836. The number of ether oxygens (including phenoxy) is 1. The zero-order valence-electron chi connectivity index (χ0n) is 11.8. The van der Waals surface area contributed by atoms with E-state index < -0.39 is 23.5 Å². The normalized spacial score (nSPS) is 24.1. The van der Waals surface area contributed by atoms with Crippen molar-refractivity contribution in [1.29, 1.82) is 0 Å². The van der Waals surface area contributed by atoms with Gasteiger partial charge in [0.15, 0.2) is 11.6 Å². The molecule has 1 aromatic carbocycles. The molecular formula is C15H20F3NO. The lowest BCUT2D eigenvalue weighted by Crippen LogP contribution is -2.36. The molecule has 1 saturated heterocycles. The van der Waals surface area contributed by atoms with Gasteiger partial charge in [-0.25, -0.2) is 13.2 Å². The lowest BCUT2D eigenvalue weighted by Gasteiger charge is -2.28. The Balaban J connectivity index is 2.32. The van der Waals surface area contributed by atoms with Crippen LogP contribution in [0.1, 0.15) is 38.3 Å². The van der Waals surface area contributed by atoms with Crippen LogP contribution in [0.2, 0.25) is 0 Å². The number of rotatable bonds is 5. The summed E-state index contributed by atoms with van der Waals surface area (Å²) < 4.78 is 46.1. The first-order valence-corrected chi connectivity index (χ1v) is 7.04. The van der Waals surface area contributed by atoms with Gasteiger partial charge in [-0.05, 0) is 31.4 Å². The average molecular weight is 287 g/mol. The molecular weight excluding hydrogens is 267 g/mol. The highest BCUT2D eigenvalue weighted by molar-refractivity contribution is 5.25. The molecule has 2 rings (SSSR count). The van der Waals surface area contributed by atoms with Gasteiger partial charge in [0.25, 0.3) is 0 Å². The molecule has 112 valence electrons. The van der Waals surface area contributed by atoms with Crippen molar-refractivity contribution in [3.63, 3.8) is 0 Å². The van der Waals surface area contributed by atoms with Gasteiger partial charge in [0.05, 0.1) is 12.1 Å². The van der Waals surface area contributed by atoms with Crippen LogP contribution in [0.4, 0.5) is 13.2 Å². The maximum atomic E-state index is 14.0. The summed E-state index contributed by atoms with van der Waals surface area (Å²) in [5.74, 6) is -2.69. The van der Waals surface area contributed by atoms with E-state index in [0.717, 1.165) is 18.9 Å². The van der Waals surface area contributed by atoms with Crippen molar-refractivity contribution in [2.24, 2.45) is 5.92 Å². The molecule has 1 fully saturated rings. The van der Waals surface area contributed by atoms with Crippen LogP contribution in [0.25, 0.3) is 0 Å². The zero-order chi connectivity index (χ0) is 14.7. The second-order valence-electron chi connectivity index (χ2n) is 5.32. The Hall–Kier alpha value is -1.07. The second kappa shape index (κ2) is 6.59. The minimum atomic E-state index is -1.17. The Labute approximate surface area is 117 Å². The van der Waals surface area contributed by atoms with E-state index in [1.165, 1.54) is 0 Å². The first-order valence-electron chi connectivity index (χ1n) is 7.04. The molecule has 0 spiro atoms. The minimum Gasteiger partial charge on any atom is -0.376 e. The molecule has 1 N–H and O–H groups in total. The van der Waals surface area contributed by atoms with Crippen molar-refractivity contribution in [1.82, 2.24) is 5.32 Å². The molecule has 1 aliphatic heterocycles. The fourth-order valence-corrected chi connectivity index (χ4v) is 2.62. The predicted octanol–water partition coefficient (Wildman–Crippen LogP) is 3.57. The molecule has 1 aromatic rings. The molecule has 0 amide bonds. The summed E-state index contributed by atoms with van der Waals surface area (Å²) in [6, 6.07) is 1.08. The number of nitrogens with one attached hydrogen (secondary N) is 1. The first-order chi connectivity index (χ1) is 9.54. The molecule has 0 saturated carbocycles. The fourth-order valence-electron chi connectivity index (χ4n) is 2.62. The van der Waals surface area contributed by atoms with Crippen molar-refractivity contribution in [3.05, 3.63) is 35.1 Å². The van der Waals surface area contributed by atoms with Crippen LogP contribution in [-0.2, 0) is 4.74 Å². The molecule has 3 atom stereocenters. The number of hydrogen-bond donors (Lipinski definition) is 1. The van der Waals surface area contributed by atoms with E-state index in [2.05, 4.69) is 5.32 Å². The van der Waals surface area contributed by atoms with Crippen molar-refractivity contribution in [2.75, 3.05) is 13.2 Å². The number of hydrogen-bond acceptors (Lipinski definition) is 2. The molecule has 0 radical (unpaired) electrons. The molecule has 0 aromatic heterocycles. The summed E-state index contributed by atoms with van der Waals surface area (Å²) in [7, 11) is 0. The minimum absolute atomic E-state index is 0.135. The smallest absolute Gasteiger partial charge is 0.161 e. The summed E-state index contributed by atoms with van der Waals surface area (Å²) in [4.78, 5) is 0. The van der Waals surface area contributed by atoms with Gasteiger partial charge in [-0.3, -0.25) is 0 Å². The van der Waals surface area contributed by atoms with Gasteiger partial charge in [-0.2, -0.15) is 0 Å². The molecule has 1 heterocycles. The van der Waals surface area contributed by atoms with Gasteiger partial charge in [-0.1, -0.05) is 13.8 Å². The van der Waals surface area contributed by atoms with Crippen LogP contribution < -0.4 is 5.32 Å². The van der Waals surface area contributed by atoms with E-state index in [0.29, 0.717) is 19.2 Å². The van der Waals surface area contributed by atoms with E-state index in [4.69, 9.17) is 4.74 Å². The Morgan fingerprint density at radius 1 is 1.25 bits per heavy atom. The van der Waals surface area contributed by atoms with Crippen LogP contribution in [-0.4, -0.2) is 19.3 Å². The topological polar surface area (TPSA) is 21.3 Å². The fraction of sp³-hybridized carbons (Fsp3) is 0.600. The molecule has 3 unspecified atom stereocenters. The largest absolute Gasteiger partial charge is 0.376 e. The van der Waals surface area contributed by atoms with Crippen molar-refractivity contribution < 1.29 is 17.9 Å². The van der Waals surface area contributed by atoms with Gasteiger partial charge in [0, 0.05) is 18.2 Å². The van der Waals surface area contributed by atoms with E-state index in [1.54, 1.807) is 0 Å². The average Bonchev–Trinajstić information content (AvgIpc) is 2.82. The third kappa shape index (κ3) is 3.15. The third-order valence-electron chi connectivity index (χ3n) is 3.76. The summed E-state index contributed by atoms with van der Waals surface area (Å²) in [6.45, 7) is 5.29. The van der Waals surface area contributed by atoms with Crippen molar-refractivity contribution in [2.45, 2.75) is 38.8 Å². The summed E-state index contributed by atoms with van der Waals surface area (Å²) >= 11 is 0. The summed E-state index contributed by atoms with van der Waals surface area (Å²) in [5.41, 5.74) is 0.135. The van der Waals surface area contributed by atoms with Crippen LogP contribution in [0.15, 0.2) is 12.1 Å². The number of benzene rings is 1. The van der Waals surface area contributed by atoms with Gasteiger partial charge < -0.3 is 10.1 Å². The Morgan fingerprint density at radius 2 is 1.95 bits per heavy atom. The van der Waals surface area contributed by atoms with E-state index >= 15 is 0 Å². The highest BCUT2D eigenvalue weighted by Gasteiger charge is 2.34. The SMILES string of the molecule is CCCNC(c1cc(F)c(F)cc1F)C1OCCC1C. The summed E-state index contributed by atoms with van der Waals surface area (Å²) in [6.07, 6.45) is 1.53. The highest BCUT2D eigenvalue weighted by atomic mass is 19.2. The standard InChI is InChI=1S/C15H20F3NO/c1-3-5-19-14(15-9(2)4-6-20-15)10-7-12(17)13(18)8-11(10)16/h7-9,14-15,19H,3-6H2,1-2H3. The van der Waals surface area contributed by atoms with Crippen molar-refractivity contribution in [3.8, 4) is 0 Å². The zero-order valence-corrected chi connectivity index (χ0v) is 11.8. The Morgan fingerprint density at radius 3 is 2.55 bits per heavy atom. The van der Waals surface area contributed by atoms with Crippen LogP contribution in [0.5, 0.6) is 0 Å². The van der Waals surface area contributed by atoms with Gasteiger partial charge in [-0.15, -0.1) is 0 Å². The third-order valence-corrected chi connectivity index (χ3v) is 3.76. The molecule has 2 nitrogen and oxygen atoms in total. The van der Waals surface area contributed by atoms with E-state index in [9.17, 15) is 13.2 Å². The van der Waals surface area contributed by atoms with E-state index in [1.807, 2.05) is 13.8 Å². The van der Waals surface area contributed by atoms with Crippen LogP contribution in [0, 0.1) is 23.4 Å². The lowest BCUT2D eigenvalue weighted by molar-refractivity contribution is 0.0594. The van der Waals surface area contributed by atoms with Gasteiger partial charge in [0.1, 0.15) is 5.82 Å². The first kappa shape index (κ1) is 15.3. The lowest BCUT2D eigenvalue weighted by atomic mass is 9.92. The van der Waals surface area contributed by atoms with Crippen LogP contribution in [0.3, 0.4) is 0 Å².